The summed E-state index contributed by atoms with van der Waals surface area (Å²) in [5, 5.41) is 8.88. The van der Waals surface area contributed by atoms with Crippen molar-refractivity contribution in [3.05, 3.63) is 10.7 Å². The summed E-state index contributed by atoms with van der Waals surface area (Å²) in [6, 6.07) is 0. The zero-order chi connectivity index (χ0) is 8.97. The van der Waals surface area contributed by atoms with Crippen molar-refractivity contribution in [1.29, 1.82) is 0 Å². The molecule has 0 aliphatic carbocycles. The van der Waals surface area contributed by atoms with Gasteiger partial charge in [0, 0.05) is 7.11 Å². The van der Waals surface area contributed by atoms with Gasteiger partial charge in [0.15, 0.2) is 0 Å². The molecule has 1 heterocycles. The van der Waals surface area contributed by atoms with Crippen molar-refractivity contribution in [3.8, 4) is 0 Å². The SMILES string of the molecule is COCC(=O)Nc1[nH]ncc1Br. The van der Waals surface area contributed by atoms with Gasteiger partial charge in [-0.25, -0.2) is 0 Å². The summed E-state index contributed by atoms with van der Waals surface area (Å²) in [6.07, 6.45) is 1.56. The molecule has 1 aromatic heterocycles. The third-order valence-electron chi connectivity index (χ3n) is 1.13. The maximum Gasteiger partial charge on any atom is 0.251 e. The molecule has 0 atom stereocenters. The van der Waals surface area contributed by atoms with E-state index in [1.165, 1.54) is 7.11 Å². The van der Waals surface area contributed by atoms with Gasteiger partial charge in [0.1, 0.15) is 12.4 Å². The number of aromatic amines is 1. The van der Waals surface area contributed by atoms with Crippen LogP contribution < -0.4 is 5.32 Å². The van der Waals surface area contributed by atoms with Gasteiger partial charge in [0.2, 0.25) is 0 Å². The lowest BCUT2D eigenvalue weighted by atomic mass is 10.5. The second kappa shape index (κ2) is 4.22. The van der Waals surface area contributed by atoms with Crippen LogP contribution >= 0.6 is 15.9 Å². The van der Waals surface area contributed by atoms with Crippen LogP contribution in [0.25, 0.3) is 0 Å². The summed E-state index contributed by atoms with van der Waals surface area (Å²) in [5.41, 5.74) is 0. The number of halogens is 1. The normalized spacial score (nSPS) is 9.83. The third-order valence-corrected chi connectivity index (χ3v) is 1.73. The van der Waals surface area contributed by atoms with Crippen molar-refractivity contribution in [1.82, 2.24) is 10.2 Å². The van der Waals surface area contributed by atoms with E-state index in [4.69, 9.17) is 0 Å². The van der Waals surface area contributed by atoms with Gasteiger partial charge in [0.05, 0.1) is 10.7 Å². The predicted octanol–water partition coefficient (Wildman–Crippen LogP) is 0.757. The number of anilines is 1. The van der Waals surface area contributed by atoms with Crippen LogP contribution in [0, 0.1) is 0 Å². The topological polar surface area (TPSA) is 67.0 Å². The molecule has 5 nitrogen and oxygen atoms in total. The van der Waals surface area contributed by atoms with Crippen LogP contribution in [0.3, 0.4) is 0 Å². The Morgan fingerprint density at radius 3 is 3.17 bits per heavy atom. The number of aromatic nitrogens is 2. The van der Waals surface area contributed by atoms with Crippen LogP contribution in [0.2, 0.25) is 0 Å². The van der Waals surface area contributed by atoms with E-state index in [0.29, 0.717) is 10.3 Å². The summed E-state index contributed by atoms with van der Waals surface area (Å²) in [5.74, 6) is 0.319. The first-order valence-electron chi connectivity index (χ1n) is 3.21. The van der Waals surface area contributed by atoms with Crippen molar-refractivity contribution in [2.24, 2.45) is 0 Å². The van der Waals surface area contributed by atoms with E-state index in [-0.39, 0.29) is 12.5 Å². The summed E-state index contributed by atoms with van der Waals surface area (Å²) >= 11 is 3.20. The minimum Gasteiger partial charge on any atom is -0.375 e. The Bertz CT molecular complexity index is 274. The molecular formula is C6H8BrN3O2. The van der Waals surface area contributed by atoms with Crippen LogP contribution in [-0.4, -0.2) is 29.8 Å². The van der Waals surface area contributed by atoms with E-state index >= 15 is 0 Å². The lowest BCUT2D eigenvalue weighted by molar-refractivity contribution is -0.119. The van der Waals surface area contributed by atoms with Crippen LogP contribution in [0.1, 0.15) is 0 Å². The number of hydrogen-bond acceptors (Lipinski definition) is 3. The molecule has 0 saturated carbocycles. The van der Waals surface area contributed by atoms with Gasteiger partial charge in [-0.05, 0) is 15.9 Å². The number of carbonyl (C=O) groups excluding carboxylic acids is 1. The van der Waals surface area contributed by atoms with Gasteiger partial charge in [-0.2, -0.15) is 5.10 Å². The number of nitrogens with zero attached hydrogens (tertiary/aromatic N) is 1. The molecule has 12 heavy (non-hydrogen) atoms. The number of ether oxygens (including phenoxy) is 1. The smallest absolute Gasteiger partial charge is 0.251 e. The first-order chi connectivity index (χ1) is 5.74. The molecule has 1 amide bonds. The van der Waals surface area contributed by atoms with Gasteiger partial charge in [-0.1, -0.05) is 0 Å². The first kappa shape index (κ1) is 9.21. The fraction of sp³-hybridized carbons (Fsp3) is 0.333. The molecule has 0 fully saturated rings. The molecule has 0 spiro atoms. The maximum atomic E-state index is 11.0. The van der Waals surface area contributed by atoms with E-state index < -0.39 is 0 Å². The Kier molecular flexibility index (Phi) is 3.24. The van der Waals surface area contributed by atoms with Crippen molar-refractivity contribution in [2.45, 2.75) is 0 Å². The lowest BCUT2D eigenvalue weighted by Gasteiger charge is -2.00. The van der Waals surface area contributed by atoms with Gasteiger partial charge < -0.3 is 10.1 Å². The van der Waals surface area contributed by atoms with Crippen molar-refractivity contribution < 1.29 is 9.53 Å². The molecule has 0 aliphatic rings. The second-order valence-corrected chi connectivity index (χ2v) is 2.93. The van der Waals surface area contributed by atoms with Gasteiger partial charge >= 0.3 is 0 Å². The molecule has 0 bridgehead atoms. The second-order valence-electron chi connectivity index (χ2n) is 2.07. The molecule has 1 aromatic rings. The minimum atomic E-state index is -0.220. The van der Waals surface area contributed by atoms with Gasteiger partial charge in [-0.3, -0.25) is 9.89 Å². The van der Waals surface area contributed by atoms with E-state index in [0.717, 1.165) is 0 Å². The molecule has 1 rings (SSSR count). The highest BCUT2D eigenvalue weighted by Crippen LogP contribution is 2.17. The van der Waals surface area contributed by atoms with E-state index in [2.05, 4.69) is 36.2 Å². The van der Waals surface area contributed by atoms with Gasteiger partial charge in [-0.15, -0.1) is 0 Å². The molecule has 6 heteroatoms. The van der Waals surface area contributed by atoms with Crippen LogP contribution in [0.5, 0.6) is 0 Å². The zero-order valence-corrected chi connectivity index (χ0v) is 8.01. The molecule has 0 saturated heterocycles. The lowest BCUT2D eigenvalue weighted by Crippen LogP contribution is -2.17. The standard InChI is InChI=1S/C6H8BrN3O2/c1-12-3-5(11)9-6-4(7)2-8-10-6/h2H,3H2,1H3,(H2,8,9,10,11). The van der Waals surface area contributed by atoms with Gasteiger partial charge in [0.25, 0.3) is 5.91 Å². The maximum absolute atomic E-state index is 11.0. The van der Waals surface area contributed by atoms with Crippen molar-refractivity contribution in [3.63, 3.8) is 0 Å². The number of rotatable bonds is 3. The molecule has 0 radical (unpaired) electrons. The third kappa shape index (κ3) is 2.31. The molecule has 66 valence electrons. The van der Waals surface area contributed by atoms with Crippen molar-refractivity contribution >= 4 is 27.7 Å². The average molecular weight is 234 g/mol. The van der Waals surface area contributed by atoms with Crippen LogP contribution in [-0.2, 0) is 9.53 Å². The Hall–Kier alpha value is -0.880. The van der Waals surface area contributed by atoms with Crippen LogP contribution in [0.4, 0.5) is 5.82 Å². The predicted molar refractivity (Wildman–Crippen MR) is 46.8 cm³/mol. The number of nitrogens with one attached hydrogen (secondary N) is 2. The number of hydrogen-bond donors (Lipinski definition) is 2. The van der Waals surface area contributed by atoms with E-state index in [9.17, 15) is 4.79 Å². The fourth-order valence-electron chi connectivity index (χ4n) is 0.666. The minimum absolute atomic E-state index is 0.0332. The monoisotopic (exact) mass is 233 g/mol. The first-order valence-corrected chi connectivity index (χ1v) is 4.01. The van der Waals surface area contributed by atoms with E-state index in [1.807, 2.05) is 0 Å². The molecule has 2 N–H and O–H groups in total. The van der Waals surface area contributed by atoms with Crippen molar-refractivity contribution in [2.75, 3.05) is 19.0 Å². The molecule has 0 unspecified atom stereocenters. The number of amides is 1. The molecule has 0 aliphatic heterocycles. The Balaban J connectivity index is 2.52. The Morgan fingerprint density at radius 1 is 1.92 bits per heavy atom. The fourth-order valence-corrected chi connectivity index (χ4v) is 0.956. The Morgan fingerprint density at radius 2 is 2.67 bits per heavy atom. The van der Waals surface area contributed by atoms with Crippen LogP contribution in [0.15, 0.2) is 10.7 Å². The largest absolute Gasteiger partial charge is 0.375 e. The summed E-state index contributed by atoms with van der Waals surface area (Å²) < 4.78 is 5.35. The molecule has 0 aromatic carbocycles. The summed E-state index contributed by atoms with van der Waals surface area (Å²) in [6.45, 7) is 0.0332. The quantitative estimate of drug-likeness (QED) is 0.811. The summed E-state index contributed by atoms with van der Waals surface area (Å²) in [4.78, 5) is 11.0. The molecular weight excluding hydrogens is 226 g/mol. The Labute approximate surface area is 77.6 Å². The van der Waals surface area contributed by atoms with E-state index in [1.54, 1.807) is 6.20 Å². The number of H-pyrrole nitrogens is 1. The highest BCUT2D eigenvalue weighted by atomic mass is 79.9. The average Bonchev–Trinajstić information content (AvgIpc) is 2.37. The number of methoxy groups -OCH3 is 1. The highest BCUT2D eigenvalue weighted by molar-refractivity contribution is 9.10. The summed E-state index contributed by atoms with van der Waals surface area (Å²) in [7, 11) is 1.46. The number of carbonyl (C=O) groups is 1. The zero-order valence-electron chi connectivity index (χ0n) is 6.43. The highest BCUT2D eigenvalue weighted by Gasteiger charge is 2.05.